The summed E-state index contributed by atoms with van der Waals surface area (Å²) in [5, 5.41) is 0. The van der Waals surface area contributed by atoms with Gasteiger partial charge in [0.2, 0.25) is 0 Å². The molecule has 0 bridgehead atoms. The topological polar surface area (TPSA) is 9.23 Å². The lowest BCUT2D eigenvalue weighted by Crippen LogP contribution is -2.25. The van der Waals surface area contributed by atoms with E-state index in [0.29, 0.717) is 4.47 Å². The number of benzene rings is 1. The molecule has 0 spiro atoms. The first-order valence-electron chi connectivity index (χ1n) is 4.48. The summed E-state index contributed by atoms with van der Waals surface area (Å²) in [5.41, 5.74) is 0. The fourth-order valence-electron chi connectivity index (χ4n) is 1.30. The van der Waals surface area contributed by atoms with Crippen LogP contribution in [-0.4, -0.2) is 6.10 Å². The van der Waals surface area contributed by atoms with Crippen LogP contribution in [0.2, 0.25) is 0 Å². The van der Waals surface area contributed by atoms with Crippen molar-refractivity contribution in [1.29, 1.82) is 0 Å². The van der Waals surface area contributed by atoms with Crippen molar-refractivity contribution < 1.29 is 13.5 Å². The molecular weight excluding hydrogens is 254 g/mol. The van der Waals surface area contributed by atoms with E-state index >= 15 is 0 Å². The predicted molar refractivity (Wildman–Crippen MR) is 52.3 cm³/mol. The van der Waals surface area contributed by atoms with Gasteiger partial charge >= 0.3 is 0 Å². The van der Waals surface area contributed by atoms with E-state index < -0.39 is 11.6 Å². The van der Waals surface area contributed by atoms with Crippen molar-refractivity contribution in [2.45, 2.75) is 25.4 Å². The van der Waals surface area contributed by atoms with Crippen molar-refractivity contribution in [3.8, 4) is 5.75 Å². The van der Waals surface area contributed by atoms with Gasteiger partial charge in [-0.1, -0.05) is 15.9 Å². The Kier molecular flexibility index (Phi) is 2.72. The second-order valence-corrected chi connectivity index (χ2v) is 4.28. The van der Waals surface area contributed by atoms with E-state index in [0.717, 1.165) is 19.3 Å². The van der Waals surface area contributed by atoms with Gasteiger partial charge in [0.15, 0.2) is 17.4 Å². The average Bonchev–Trinajstić information content (AvgIpc) is 1.98. The minimum absolute atomic E-state index is 0.0137. The predicted octanol–water partition coefficient (Wildman–Crippen LogP) is 3.66. The number of ether oxygens (including phenoxy) is 1. The molecule has 1 aliphatic carbocycles. The highest BCUT2D eigenvalue weighted by Gasteiger charge is 2.22. The second-order valence-electron chi connectivity index (χ2n) is 3.37. The molecule has 14 heavy (non-hydrogen) atoms. The summed E-state index contributed by atoms with van der Waals surface area (Å²) in [6.07, 6.45) is 2.83. The Hall–Kier alpha value is -0.640. The summed E-state index contributed by atoms with van der Waals surface area (Å²) in [6, 6.07) is 2.41. The van der Waals surface area contributed by atoms with E-state index in [1.54, 1.807) is 0 Å². The van der Waals surface area contributed by atoms with Crippen LogP contribution in [-0.2, 0) is 0 Å². The number of halogens is 3. The van der Waals surface area contributed by atoms with Crippen molar-refractivity contribution in [2.24, 2.45) is 0 Å². The highest BCUT2D eigenvalue weighted by atomic mass is 79.9. The molecule has 0 aliphatic heterocycles. The van der Waals surface area contributed by atoms with E-state index in [-0.39, 0.29) is 11.9 Å². The maximum absolute atomic E-state index is 13.2. The van der Waals surface area contributed by atoms with Gasteiger partial charge in [-0.2, -0.15) is 0 Å². The van der Waals surface area contributed by atoms with E-state index in [4.69, 9.17) is 4.74 Å². The molecule has 1 saturated carbocycles. The Morgan fingerprint density at radius 3 is 2.21 bits per heavy atom. The van der Waals surface area contributed by atoms with Crippen LogP contribution in [0.15, 0.2) is 16.6 Å². The van der Waals surface area contributed by atoms with Gasteiger partial charge < -0.3 is 4.74 Å². The molecule has 0 aromatic heterocycles. The van der Waals surface area contributed by atoms with E-state index in [9.17, 15) is 8.78 Å². The van der Waals surface area contributed by atoms with Gasteiger partial charge in [-0.05, 0) is 31.4 Å². The Morgan fingerprint density at radius 1 is 1.21 bits per heavy atom. The quantitative estimate of drug-likeness (QED) is 0.791. The first-order chi connectivity index (χ1) is 6.66. The molecule has 76 valence electrons. The van der Waals surface area contributed by atoms with Gasteiger partial charge in [0.05, 0.1) is 6.10 Å². The molecule has 0 N–H and O–H groups in total. The SMILES string of the molecule is Fc1cc(Br)cc(F)c1OC1CCC1. The second kappa shape index (κ2) is 3.85. The third-order valence-corrected chi connectivity index (χ3v) is 2.76. The van der Waals surface area contributed by atoms with Crippen LogP contribution in [0, 0.1) is 11.6 Å². The van der Waals surface area contributed by atoms with Crippen LogP contribution in [0.3, 0.4) is 0 Å². The summed E-state index contributed by atoms with van der Waals surface area (Å²) < 4.78 is 32.1. The minimum Gasteiger partial charge on any atom is -0.484 e. The van der Waals surface area contributed by atoms with Crippen molar-refractivity contribution in [3.63, 3.8) is 0 Å². The van der Waals surface area contributed by atoms with Gasteiger partial charge in [-0.15, -0.1) is 0 Å². The van der Waals surface area contributed by atoms with Crippen LogP contribution >= 0.6 is 15.9 Å². The molecular formula is C10H9BrF2O. The fourth-order valence-corrected chi connectivity index (χ4v) is 1.70. The summed E-state index contributed by atoms with van der Waals surface area (Å²) in [7, 11) is 0. The molecule has 1 aliphatic rings. The summed E-state index contributed by atoms with van der Waals surface area (Å²) >= 11 is 3.01. The summed E-state index contributed by atoms with van der Waals surface area (Å²) in [6.45, 7) is 0. The van der Waals surface area contributed by atoms with E-state index in [1.807, 2.05) is 0 Å². The molecule has 0 amide bonds. The molecule has 2 rings (SSSR count). The van der Waals surface area contributed by atoms with Crippen molar-refractivity contribution in [3.05, 3.63) is 28.2 Å². The van der Waals surface area contributed by atoms with Crippen LogP contribution in [0.5, 0.6) is 5.75 Å². The molecule has 0 unspecified atom stereocenters. The zero-order valence-electron chi connectivity index (χ0n) is 7.40. The number of rotatable bonds is 2. The monoisotopic (exact) mass is 262 g/mol. The van der Waals surface area contributed by atoms with Gasteiger partial charge in [-0.25, -0.2) is 8.78 Å². The van der Waals surface area contributed by atoms with Crippen molar-refractivity contribution >= 4 is 15.9 Å². The van der Waals surface area contributed by atoms with Crippen molar-refractivity contribution in [2.75, 3.05) is 0 Å². The zero-order valence-corrected chi connectivity index (χ0v) is 8.98. The smallest absolute Gasteiger partial charge is 0.191 e. The average molecular weight is 263 g/mol. The Morgan fingerprint density at radius 2 is 1.79 bits per heavy atom. The third-order valence-electron chi connectivity index (χ3n) is 2.30. The molecule has 0 radical (unpaired) electrons. The Balaban J connectivity index is 2.22. The lowest BCUT2D eigenvalue weighted by atomic mass is 9.96. The van der Waals surface area contributed by atoms with Crippen LogP contribution in [0.25, 0.3) is 0 Å². The normalized spacial score (nSPS) is 16.5. The third kappa shape index (κ3) is 1.90. The molecule has 4 heteroatoms. The number of hydrogen-bond donors (Lipinski definition) is 0. The van der Waals surface area contributed by atoms with Crippen LogP contribution < -0.4 is 4.74 Å². The van der Waals surface area contributed by atoms with Crippen LogP contribution in [0.1, 0.15) is 19.3 Å². The maximum Gasteiger partial charge on any atom is 0.191 e. The highest BCUT2D eigenvalue weighted by Crippen LogP contribution is 2.31. The summed E-state index contributed by atoms with van der Waals surface area (Å²) in [5.74, 6) is -1.55. The van der Waals surface area contributed by atoms with E-state index in [1.165, 1.54) is 12.1 Å². The standard InChI is InChI=1S/C10H9BrF2O/c11-6-4-8(12)10(9(13)5-6)14-7-2-1-3-7/h4-5,7H,1-3H2. The molecule has 0 saturated heterocycles. The van der Waals surface area contributed by atoms with Gasteiger partial charge in [0.25, 0.3) is 0 Å². The zero-order chi connectivity index (χ0) is 10.1. The van der Waals surface area contributed by atoms with Gasteiger partial charge in [0.1, 0.15) is 0 Å². The highest BCUT2D eigenvalue weighted by molar-refractivity contribution is 9.10. The van der Waals surface area contributed by atoms with Crippen LogP contribution in [0.4, 0.5) is 8.78 Å². The van der Waals surface area contributed by atoms with Gasteiger partial charge in [-0.3, -0.25) is 0 Å². The summed E-state index contributed by atoms with van der Waals surface area (Å²) in [4.78, 5) is 0. The first-order valence-corrected chi connectivity index (χ1v) is 5.27. The van der Waals surface area contributed by atoms with Crippen molar-refractivity contribution in [1.82, 2.24) is 0 Å². The molecule has 0 heterocycles. The lowest BCUT2D eigenvalue weighted by Gasteiger charge is -2.26. The molecule has 1 aromatic rings. The first kappa shape index (κ1) is 9.90. The molecule has 1 nitrogen and oxygen atoms in total. The van der Waals surface area contributed by atoms with Gasteiger partial charge in [0, 0.05) is 4.47 Å². The fraction of sp³-hybridized carbons (Fsp3) is 0.400. The molecule has 1 fully saturated rings. The lowest BCUT2D eigenvalue weighted by molar-refractivity contribution is 0.109. The largest absolute Gasteiger partial charge is 0.484 e. The Bertz CT molecular complexity index is 327. The molecule has 1 aromatic carbocycles. The minimum atomic E-state index is -0.649. The number of hydrogen-bond acceptors (Lipinski definition) is 1. The molecule has 0 atom stereocenters. The van der Waals surface area contributed by atoms with E-state index in [2.05, 4.69) is 15.9 Å². The maximum atomic E-state index is 13.2. The Labute approximate surface area is 89.2 Å².